The van der Waals surface area contributed by atoms with E-state index in [0.717, 1.165) is 24.2 Å². The number of fused-ring (bicyclic) bond motifs is 1. The van der Waals surface area contributed by atoms with Crippen molar-refractivity contribution >= 4 is 35.3 Å². The number of nitrogens with one attached hydrogen (secondary N) is 3. The summed E-state index contributed by atoms with van der Waals surface area (Å²) in [5.74, 6) is -2.26. The minimum Gasteiger partial charge on any atom is -0.332 e. The first-order chi connectivity index (χ1) is 14.5. The van der Waals surface area contributed by atoms with Crippen LogP contribution in [-0.4, -0.2) is 46.1 Å². The summed E-state index contributed by atoms with van der Waals surface area (Å²) in [6, 6.07) is 3.10. The predicted molar refractivity (Wildman–Crippen MR) is 111 cm³/mol. The number of imide groups is 2. The van der Waals surface area contributed by atoms with E-state index in [-0.39, 0.29) is 41.0 Å². The summed E-state index contributed by atoms with van der Waals surface area (Å²) >= 11 is 0. The molecule has 164 valence electrons. The van der Waals surface area contributed by atoms with Gasteiger partial charge in [-0.2, -0.15) is 0 Å². The van der Waals surface area contributed by atoms with Gasteiger partial charge in [-0.25, -0.2) is 4.79 Å². The van der Waals surface area contributed by atoms with Gasteiger partial charge in [0.25, 0.3) is 11.8 Å². The maximum atomic E-state index is 12.9. The van der Waals surface area contributed by atoms with E-state index < -0.39 is 29.7 Å². The Morgan fingerprint density at radius 2 is 1.81 bits per heavy atom. The van der Waals surface area contributed by atoms with E-state index in [1.807, 2.05) is 0 Å². The number of piperidine rings is 1. The van der Waals surface area contributed by atoms with Crippen LogP contribution < -0.4 is 16.0 Å². The summed E-state index contributed by atoms with van der Waals surface area (Å²) in [6.07, 6.45) is 2.88. The third-order valence-corrected chi connectivity index (χ3v) is 5.80. The summed E-state index contributed by atoms with van der Waals surface area (Å²) < 4.78 is 0. The average molecular weight is 426 g/mol. The second kappa shape index (κ2) is 7.18. The van der Waals surface area contributed by atoms with Crippen LogP contribution in [0.15, 0.2) is 18.2 Å². The van der Waals surface area contributed by atoms with E-state index in [0.29, 0.717) is 5.69 Å². The third-order valence-electron chi connectivity index (χ3n) is 5.80. The number of nitrogens with zero attached hydrogens (tertiary/aromatic N) is 1. The van der Waals surface area contributed by atoms with E-state index in [1.165, 1.54) is 12.1 Å². The number of hydrogen-bond donors (Lipinski definition) is 3. The number of hydrogen-bond acceptors (Lipinski definition) is 5. The molecular weight excluding hydrogens is 400 g/mol. The first kappa shape index (κ1) is 21.0. The lowest BCUT2D eigenvalue weighted by molar-refractivity contribution is -0.136. The van der Waals surface area contributed by atoms with Gasteiger partial charge in [0.05, 0.1) is 11.1 Å². The quantitative estimate of drug-likeness (QED) is 0.637. The summed E-state index contributed by atoms with van der Waals surface area (Å²) in [6.45, 7) is 6.39. The Kier molecular flexibility index (Phi) is 4.87. The molecule has 0 aromatic heterocycles. The molecule has 0 bridgehead atoms. The molecule has 1 aromatic carbocycles. The standard InChI is InChI=1S/C22H26N4O5/c1-21(2,3)11-22(8-9-22)25-20(31)23-12-4-5-13-14(10-12)19(30)26(18(13)29)15-6-7-16(27)24-17(15)28/h4-5,10,15H,6-9,11H2,1-3H3,(H2,23,25,31)(H,24,27,28). The van der Waals surface area contributed by atoms with Crippen molar-refractivity contribution in [1.29, 1.82) is 0 Å². The molecule has 2 fully saturated rings. The smallest absolute Gasteiger partial charge is 0.319 e. The second-order valence-electron chi connectivity index (χ2n) is 9.80. The average Bonchev–Trinajstić information content (AvgIpc) is 3.34. The number of amides is 6. The number of carbonyl (C=O) groups excluding carboxylic acids is 5. The maximum Gasteiger partial charge on any atom is 0.319 e. The van der Waals surface area contributed by atoms with E-state index in [2.05, 4.69) is 36.7 Å². The lowest BCUT2D eigenvalue weighted by Gasteiger charge is -2.27. The van der Waals surface area contributed by atoms with Crippen molar-refractivity contribution in [1.82, 2.24) is 15.5 Å². The Labute approximate surface area is 179 Å². The van der Waals surface area contributed by atoms with Crippen molar-refractivity contribution < 1.29 is 24.0 Å². The highest BCUT2D eigenvalue weighted by Crippen LogP contribution is 2.44. The minimum absolute atomic E-state index is 0.0626. The van der Waals surface area contributed by atoms with Crippen molar-refractivity contribution in [3.05, 3.63) is 29.3 Å². The molecule has 2 aliphatic heterocycles. The van der Waals surface area contributed by atoms with Crippen LogP contribution in [0, 0.1) is 5.41 Å². The van der Waals surface area contributed by atoms with Crippen LogP contribution in [0.5, 0.6) is 0 Å². The normalized spacial score (nSPS) is 22.2. The van der Waals surface area contributed by atoms with Crippen LogP contribution in [0.2, 0.25) is 0 Å². The van der Waals surface area contributed by atoms with Gasteiger partial charge in [0.1, 0.15) is 6.04 Å². The second-order valence-corrected chi connectivity index (χ2v) is 9.80. The minimum atomic E-state index is -1.02. The van der Waals surface area contributed by atoms with Crippen LogP contribution >= 0.6 is 0 Å². The van der Waals surface area contributed by atoms with Gasteiger partial charge >= 0.3 is 6.03 Å². The van der Waals surface area contributed by atoms with E-state index >= 15 is 0 Å². The molecule has 1 aromatic rings. The van der Waals surface area contributed by atoms with Crippen molar-refractivity contribution in [2.24, 2.45) is 5.41 Å². The highest BCUT2D eigenvalue weighted by Gasteiger charge is 2.47. The zero-order valence-corrected chi connectivity index (χ0v) is 17.8. The van der Waals surface area contributed by atoms with Gasteiger partial charge in [-0.05, 0) is 49.3 Å². The van der Waals surface area contributed by atoms with Gasteiger partial charge in [0.15, 0.2) is 0 Å². The van der Waals surface area contributed by atoms with Crippen molar-refractivity contribution in [2.75, 3.05) is 5.32 Å². The molecule has 4 rings (SSSR count). The van der Waals surface area contributed by atoms with Crippen molar-refractivity contribution in [3.8, 4) is 0 Å². The molecule has 2 heterocycles. The number of benzene rings is 1. The summed E-state index contributed by atoms with van der Waals surface area (Å²) in [5, 5.41) is 7.94. The first-order valence-corrected chi connectivity index (χ1v) is 10.4. The van der Waals surface area contributed by atoms with Gasteiger partial charge in [0.2, 0.25) is 11.8 Å². The molecule has 3 N–H and O–H groups in total. The van der Waals surface area contributed by atoms with Crippen LogP contribution in [-0.2, 0) is 9.59 Å². The number of anilines is 1. The summed E-state index contributed by atoms with van der Waals surface area (Å²) in [5.41, 5.74) is 0.571. The SMILES string of the molecule is CC(C)(C)CC1(NC(=O)Nc2ccc3c(c2)C(=O)N(C2CCC(=O)NC2=O)C3=O)CC1. The van der Waals surface area contributed by atoms with Gasteiger partial charge < -0.3 is 10.6 Å². The van der Waals surface area contributed by atoms with E-state index in [4.69, 9.17) is 0 Å². The molecule has 3 aliphatic rings. The van der Waals surface area contributed by atoms with E-state index in [1.54, 1.807) is 6.07 Å². The Hall–Kier alpha value is -3.23. The third kappa shape index (κ3) is 4.17. The van der Waals surface area contributed by atoms with Crippen molar-refractivity contribution in [3.63, 3.8) is 0 Å². The molecule has 1 unspecified atom stereocenters. The molecule has 1 saturated heterocycles. The molecule has 9 heteroatoms. The monoisotopic (exact) mass is 426 g/mol. The fourth-order valence-electron chi connectivity index (χ4n) is 4.46. The summed E-state index contributed by atoms with van der Waals surface area (Å²) in [4.78, 5) is 62.5. The zero-order valence-electron chi connectivity index (χ0n) is 17.8. The van der Waals surface area contributed by atoms with E-state index in [9.17, 15) is 24.0 Å². The van der Waals surface area contributed by atoms with Gasteiger partial charge in [-0.15, -0.1) is 0 Å². The maximum absolute atomic E-state index is 12.9. The molecule has 1 saturated carbocycles. The Bertz CT molecular complexity index is 1010. The lowest BCUT2D eigenvalue weighted by Crippen LogP contribution is -2.54. The Balaban J connectivity index is 1.47. The van der Waals surface area contributed by atoms with Gasteiger partial charge in [-0.1, -0.05) is 20.8 Å². The fraction of sp³-hybridized carbons (Fsp3) is 0.500. The molecule has 6 amide bonds. The van der Waals surface area contributed by atoms with Gasteiger partial charge in [0, 0.05) is 17.6 Å². The van der Waals surface area contributed by atoms with Crippen LogP contribution in [0.25, 0.3) is 0 Å². The number of rotatable bonds is 4. The number of carbonyl (C=O) groups is 5. The number of urea groups is 1. The zero-order chi connectivity index (χ0) is 22.6. The van der Waals surface area contributed by atoms with Crippen LogP contribution in [0.3, 0.4) is 0 Å². The molecule has 0 radical (unpaired) electrons. The highest BCUT2D eigenvalue weighted by atomic mass is 16.2. The predicted octanol–water partition coefficient (Wildman–Crippen LogP) is 2.18. The molecule has 9 nitrogen and oxygen atoms in total. The molecule has 1 atom stereocenters. The van der Waals surface area contributed by atoms with Gasteiger partial charge in [-0.3, -0.25) is 29.4 Å². The lowest BCUT2D eigenvalue weighted by atomic mass is 9.87. The summed E-state index contributed by atoms with van der Waals surface area (Å²) in [7, 11) is 0. The molecular formula is C22H26N4O5. The Morgan fingerprint density at radius 1 is 1.13 bits per heavy atom. The molecule has 0 spiro atoms. The van der Waals surface area contributed by atoms with Crippen LogP contribution in [0.1, 0.15) is 73.6 Å². The first-order valence-electron chi connectivity index (χ1n) is 10.4. The highest BCUT2D eigenvalue weighted by molar-refractivity contribution is 6.23. The van der Waals surface area contributed by atoms with Crippen molar-refractivity contribution in [2.45, 2.75) is 64.5 Å². The largest absolute Gasteiger partial charge is 0.332 e. The van der Waals surface area contributed by atoms with Crippen LogP contribution in [0.4, 0.5) is 10.5 Å². The fourth-order valence-corrected chi connectivity index (χ4v) is 4.46. The Morgan fingerprint density at radius 3 is 2.42 bits per heavy atom. The topological polar surface area (TPSA) is 125 Å². The molecule has 31 heavy (non-hydrogen) atoms. The molecule has 1 aliphatic carbocycles.